The zero-order valence-electron chi connectivity index (χ0n) is 10.2. The predicted octanol–water partition coefficient (Wildman–Crippen LogP) is 1.52. The highest BCUT2D eigenvalue weighted by atomic mass is 16.5. The molecule has 1 aliphatic heterocycles. The van der Waals surface area contributed by atoms with Crippen LogP contribution in [0.5, 0.6) is 0 Å². The predicted molar refractivity (Wildman–Crippen MR) is 67.7 cm³/mol. The van der Waals surface area contributed by atoms with Gasteiger partial charge in [0.05, 0.1) is 13.2 Å². The minimum absolute atomic E-state index is 0.321. The lowest BCUT2D eigenvalue weighted by atomic mass is 10.1. The van der Waals surface area contributed by atoms with Crippen molar-refractivity contribution in [2.45, 2.75) is 13.0 Å². The second kappa shape index (κ2) is 6.74. The molecular weight excluding hydrogens is 214 g/mol. The van der Waals surface area contributed by atoms with E-state index in [4.69, 9.17) is 9.84 Å². The maximum absolute atomic E-state index is 9.05. The molecule has 1 aromatic rings. The van der Waals surface area contributed by atoms with Crippen LogP contribution in [-0.2, 0) is 11.3 Å². The molecule has 0 aliphatic carbocycles. The fourth-order valence-corrected chi connectivity index (χ4v) is 2.22. The average molecular weight is 235 g/mol. The van der Waals surface area contributed by atoms with Crippen LogP contribution in [-0.4, -0.2) is 42.9 Å². The smallest absolute Gasteiger partial charge is 0.0717 e. The number of likely N-dealkylation sites (tertiary alicyclic amines) is 1. The third-order valence-corrected chi connectivity index (χ3v) is 3.29. The van der Waals surface area contributed by atoms with E-state index < -0.39 is 0 Å². The second-order valence-corrected chi connectivity index (χ2v) is 4.68. The van der Waals surface area contributed by atoms with E-state index in [0.717, 1.165) is 32.7 Å². The van der Waals surface area contributed by atoms with Crippen molar-refractivity contribution in [3.63, 3.8) is 0 Å². The first-order valence-corrected chi connectivity index (χ1v) is 6.33. The molecule has 1 fully saturated rings. The van der Waals surface area contributed by atoms with E-state index in [1.54, 1.807) is 0 Å². The SMILES string of the molecule is OC[C@@H]1CCN(CCOCc2ccccc2)C1. The quantitative estimate of drug-likeness (QED) is 0.759. The van der Waals surface area contributed by atoms with Gasteiger partial charge in [0.2, 0.25) is 0 Å². The number of aliphatic hydroxyl groups is 1. The molecule has 0 bridgehead atoms. The summed E-state index contributed by atoms with van der Waals surface area (Å²) in [5.41, 5.74) is 1.22. The summed E-state index contributed by atoms with van der Waals surface area (Å²) in [5.74, 6) is 0.476. The summed E-state index contributed by atoms with van der Waals surface area (Å²) in [6.45, 7) is 4.88. The van der Waals surface area contributed by atoms with Gasteiger partial charge in [-0.25, -0.2) is 0 Å². The maximum atomic E-state index is 9.05. The van der Waals surface area contributed by atoms with E-state index in [2.05, 4.69) is 17.0 Å². The number of rotatable bonds is 6. The van der Waals surface area contributed by atoms with E-state index in [0.29, 0.717) is 19.1 Å². The van der Waals surface area contributed by atoms with Gasteiger partial charge in [-0.3, -0.25) is 0 Å². The molecule has 3 nitrogen and oxygen atoms in total. The molecule has 94 valence electrons. The van der Waals surface area contributed by atoms with Crippen molar-refractivity contribution in [1.29, 1.82) is 0 Å². The van der Waals surface area contributed by atoms with Crippen molar-refractivity contribution in [2.24, 2.45) is 5.92 Å². The standard InChI is InChI=1S/C14H21NO2/c16-11-14-6-7-15(10-14)8-9-17-12-13-4-2-1-3-5-13/h1-5,14,16H,6-12H2/t14-/m1/s1. The summed E-state index contributed by atoms with van der Waals surface area (Å²) >= 11 is 0. The van der Waals surface area contributed by atoms with Crippen LogP contribution in [0.1, 0.15) is 12.0 Å². The summed E-state index contributed by atoms with van der Waals surface area (Å²) in [6, 6.07) is 10.2. The van der Waals surface area contributed by atoms with Gasteiger partial charge >= 0.3 is 0 Å². The Labute approximate surface area is 103 Å². The van der Waals surface area contributed by atoms with Crippen molar-refractivity contribution in [1.82, 2.24) is 4.90 Å². The van der Waals surface area contributed by atoms with Crippen LogP contribution in [0.25, 0.3) is 0 Å². The van der Waals surface area contributed by atoms with Crippen LogP contribution >= 0.6 is 0 Å². The topological polar surface area (TPSA) is 32.7 Å². The first-order chi connectivity index (χ1) is 8.38. The van der Waals surface area contributed by atoms with E-state index in [-0.39, 0.29) is 0 Å². The Morgan fingerprint density at radius 3 is 2.82 bits per heavy atom. The number of benzene rings is 1. The summed E-state index contributed by atoms with van der Waals surface area (Å²) in [7, 11) is 0. The highest BCUT2D eigenvalue weighted by Crippen LogP contribution is 2.14. The second-order valence-electron chi connectivity index (χ2n) is 4.68. The minimum atomic E-state index is 0.321. The zero-order valence-corrected chi connectivity index (χ0v) is 10.2. The first kappa shape index (κ1) is 12.6. The number of hydrogen-bond donors (Lipinski definition) is 1. The Balaban J connectivity index is 1.58. The zero-order chi connectivity index (χ0) is 11.9. The van der Waals surface area contributed by atoms with Crippen molar-refractivity contribution < 1.29 is 9.84 Å². The molecule has 1 N–H and O–H groups in total. The summed E-state index contributed by atoms with van der Waals surface area (Å²) in [4.78, 5) is 2.37. The van der Waals surface area contributed by atoms with E-state index >= 15 is 0 Å². The lowest BCUT2D eigenvalue weighted by Gasteiger charge is -2.15. The number of ether oxygens (including phenoxy) is 1. The number of nitrogens with zero attached hydrogens (tertiary/aromatic N) is 1. The molecule has 1 saturated heterocycles. The average Bonchev–Trinajstić information content (AvgIpc) is 2.84. The third kappa shape index (κ3) is 4.11. The van der Waals surface area contributed by atoms with Crippen molar-refractivity contribution >= 4 is 0 Å². The normalized spacial score (nSPS) is 20.9. The summed E-state index contributed by atoms with van der Waals surface area (Å²) in [6.07, 6.45) is 1.12. The third-order valence-electron chi connectivity index (χ3n) is 3.29. The first-order valence-electron chi connectivity index (χ1n) is 6.33. The lowest BCUT2D eigenvalue weighted by Crippen LogP contribution is -2.25. The molecule has 0 saturated carbocycles. The van der Waals surface area contributed by atoms with Crippen molar-refractivity contribution in [3.8, 4) is 0 Å². The molecule has 0 spiro atoms. The van der Waals surface area contributed by atoms with Crippen LogP contribution in [0, 0.1) is 5.92 Å². The molecule has 17 heavy (non-hydrogen) atoms. The van der Waals surface area contributed by atoms with Crippen LogP contribution in [0.15, 0.2) is 30.3 Å². The van der Waals surface area contributed by atoms with Crippen LogP contribution < -0.4 is 0 Å². The van der Waals surface area contributed by atoms with Gasteiger partial charge in [0, 0.05) is 19.7 Å². The Morgan fingerprint density at radius 2 is 2.12 bits per heavy atom. The molecule has 0 radical (unpaired) electrons. The van der Waals surface area contributed by atoms with Crippen LogP contribution in [0.3, 0.4) is 0 Å². The fraction of sp³-hybridized carbons (Fsp3) is 0.571. The van der Waals surface area contributed by atoms with Gasteiger partial charge in [0.1, 0.15) is 0 Å². The van der Waals surface area contributed by atoms with Gasteiger partial charge < -0.3 is 14.7 Å². The van der Waals surface area contributed by atoms with Crippen molar-refractivity contribution in [3.05, 3.63) is 35.9 Å². The Bertz CT molecular complexity index is 315. The number of aliphatic hydroxyl groups excluding tert-OH is 1. The molecule has 1 aliphatic rings. The van der Waals surface area contributed by atoms with Crippen LogP contribution in [0.2, 0.25) is 0 Å². The maximum Gasteiger partial charge on any atom is 0.0717 e. The van der Waals surface area contributed by atoms with Gasteiger partial charge in [-0.2, -0.15) is 0 Å². The van der Waals surface area contributed by atoms with Gasteiger partial charge in [-0.05, 0) is 24.4 Å². The fourth-order valence-electron chi connectivity index (χ4n) is 2.22. The Morgan fingerprint density at radius 1 is 1.29 bits per heavy atom. The summed E-state index contributed by atoms with van der Waals surface area (Å²) < 4.78 is 5.65. The molecular formula is C14H21NO2. The van der Waals surface area contributed by atoms with Gasteiger partial charge in [-0.15, -0.1) is 0 Å². The molecule has 1 aromatic carbocycles. The van der Waals surface area contributed by atoms with Gasteiger partial charge in [0.25, 0.3) is 0 Å². The van der Waals surface area contributed by atoms with Gasteiger partial charge in [-0.1, -0.05) is 30.3 Å². The lowest BCUT2D eigenvalue weighted by molar-refractivity contribution is 0.0970. The molecule has 1 atom stereocenters. The molecule has 0 amide bonds. The highest BCUT2D eigenvalue weighted by molar-refractivity contribution is 5.13. The largest absolute Gasteiger partial charge is 0.396 e. The number of hydrogen-bond acceptors (Lipinski definition) is 3. The van der Waals surface area contributed by atoms with E-state index in [1.807, 2.05) is 18.2 Å². The highest BCUT2D eigenvalue weighted by Gasteiger charge is 2.20. The summed E-state index contributed by atoms with van der Waals surface area (Å²) in [5, 5.41) is 9.05. The molecule has 2 rings (SSSR count). The van der Waals surface area contributed by atoms with E-state index in [1.165, 1.54) is 5.56 Å². The monoisotopic (exact) mass is 235 g/mol. The Kier molecular flexibility index (Phi) is 4.98. The molecule has 1 heterocycles. The minimum Gasteiger partial charge on any atom is -0.396 e. The van der Waals surface area contributed by atoms with E-state index in [9.17, 15) is 0 Å². The molecule has 0 unspecified atom stereocenters. The Hall–Kier alpha value is -0.900. The van der Waals surface area contributed by atoms with Crippen LogP contribution in [0.4, 0.5) is 0 Å². The van der Waals surface area contributed by atoms with Crippen molar-refractivity contribution in [2.75, 3.05) is 32.8 Å². The molecule has 0 aromatic heterocycles. The van der Waals surface area contributed by atoms with Gasteiger partial charge in [0.15, 0.2) is 0 Å². The molecule has 3 heteroatoms.